The van der Waals surface area contributed by atoms with Crippen molar-refractivity contribution in [2.75, 3.05) is 4.90 Å². The third-order valence-corrected chi connectivity index (χ3v) is 11.6. The number of hydrogen-bond acceptors (Lipinski definition) is 1. The molecule has 11 aromatic rings. The summed E-state index contributed by atoms with van der Waals surface area (Å²) in [5.74, 6) is 0. The predicted octanol–water partition coefficient (Wildman–Crippen LogP) is 15.6. The Morgan fingerprint density at radius 1 is 0.276 bits per heavy atom. The van der Waals surface area contributed by atoms with E-state index in [1.54, 1.807) is 0 Å². The van der Waals surface area contributed by atoms with Crippen molar-refractivity contribution < 1.29 is 0 Å². The molecule has 0 aliphatic heterocycles. The molecule has 1 aromatic heterocycles. The molecule has 1 heterocycles. The van der Waals surface area contributed by atoms with Crippen molar-refractivity contribution in [2.45, 2.75) is 0 Å². The Morgan fingerprint density at radius 2 is 0.793 bits per heavy atom. The highest BCUT2D eigenvalue weighted by Crippen LogP contribution is 2.41. The van der Waals surface area contributed by atoms with Gasteiger partial charge in [0.25, 0.3) is 0 Å². The van der Waals surface area contributed by atoms with E-state index in [2.05, 4.69) is 240 Å². The van der Waals surface area contributed by atoms with Gasteiger partial charge in [0, 0.05) is 33.4 Å². The SMILES string of the molecule is c1ccc(-c2ccc3c(c2)c2ccccc2n3-c2ccccc2-c2ccc(N(c3ccccc3)c3ccc(-c4cc5ccccc5c5ccccc45)cc3)cc2)cc1. The minimum Gasteiger partial charge on any atom is -0.311 e. The number of hydrogen-bond donors (Lipinski definition) is 0. The molecule has 0 atom stereocenters. The van der Waals surface area contributed by atoms with Gasteiger partial charge in [0.15, 0.2) is 0 Å². The summed E-state index contributed by atoms with van der Waals surface area (Å²) in [6.45, 7) is 0. The Morgan fingerprint density at radius 3 is 1.53 bits per heavy atom. The first-order valence-corrected chi connectivity index (χ1v) is 19.9. The Kier molecular flexibility index (Phi) is 8.19. The number of nitrogens with zero attached hydrogens (tertiary/aromatic N) is 2. The Bertz CT molecular complexity index is 3250. The molecule has 272 valence electrons. The Hall–Kier alpha value is -7.68. The molecule has 0 N–H and O–H groups in total. The highest BCUT2D eigenvalue weighted by atomic mass is 15.1. The number of benzene rings is 10. The molecule has 0 fully saturated rings. The molecule has 0 saturated carbocycles. The van der Waals surface area contributed by atoms with Crippen molar-refractivity contribution in [3.63, 3.8) is 0 Å². The van der Waals surface area contributed by atoms with Gasteiger partial charge in [0.2, 0.25) is 0 Å². The van der Waals surface area contributed by atoms with Gasteiger partial charge in [-0.2, -0.15) is 0 Å². The fourth-order valence-corrected chi connectivity index (χ4v) is 8.85. The molecular weight excluding hydrogens is 701 g/mol. The van der Waals surface area contributed by atoms with E-state index in [9.17, 15) is 0 Å². The molecule has 58 heavy (non-hydrogen) atoms. The van der Waals surface area contributed by atoms with Crippen LogP contribution >= 0.6 is 0 Å². The number of para-hydroxylation sites is 3. The smallest absolute Gasteiger partial charge is 0.0541 e. The zero-order valence-electron chi connectivity index (χ0n) is 31.8. The third-order valence-electron chi connectivity index (χ3n) is 11.6. The van der Waals surface area contributed by atoms with Gasteiger partial charge in [-0.3, -0.25) is 0 Å². The molecule has 0 radical (unpaired) electrons. The average Bonchev–Trinajstić information content (AvgIpc) is 3.63. The predicted molar refractivity (Wildman–Crippen MR) is 247 cm³/mol. The lowest BCUT2D eigenvalue weighted by Crippen LogP contribution is -2.09. The molecule has 0 spiro atoms. The zero-order valence-corrected chi connectivity index (χ0v) is 31.8. The zero-order chi connectivity index (χ0) is 38.4. The monoisotopic (exact) mass is 738 g/mol. The molecule has 0 saturated heterocycles. The van der Waals surface area contributed by atoms with Crippen LogP contribution in [0.3, 0.4) is 0 Å². The second-order valence-electron chi connectivity index (χ2n) is 14.9. The van der Waals surface area contributed by atoms with Gasteiger partial charge >= 0.3 is 0 Å². The molecule has 0 unspecified atom stereocenters. The largest absolute Gasteiger partial charge is 0.311 e. The maximum Gasteiger partial charge on any atom is 0.0541 e. The molecule has 0 amide bonds. The van der Waals surface area contributed by atoms with Crippen molar-refractivity contribution >= 4 is 60.4 Å². The van der Waals surface area contributed by atoms with Crippen LogP contribution in [0.2, 0.25) is 0 Å². The van der Waals surface area contributed by atoms with E-state index in [0.717, 1.165) is 28.3 Å². The van der Waals surface area contributed by atoms with E-state index in [1.165, 1.54) is 71.2 Å². The lowest BCUT2D eigenvalue weighted by Gasteiger charge is -2.26. The van der Waals surface area contributed by atoms with Gasteiger partial charge in [-0.1, -0.05) is 164 Å². The van der Waals surface area contributed by atoms with Crippen LogP contribution in [-0.2, 0) is 0 Å². The fourth-order valence-electron chi connectivity index (χ4n) is 8.85. The van der Waals surface area contributed by atoms with Crippen LogP contribution in [0.15, 0.2) is 231 Å². The fraction of sp³-hybridized carbons (Fsp3) is 0. The van der Waals surface area contributed by atoms with Gasteiger partial charge in [-0.25, -0.2) is 0 Å². The van der Waals surface area contributed by atoms with Crippen molar-refractivity contribution in [3.05, 3.63) is 231 Å². The number of anilines is 3. The van der Waals surface area contributed by atoms with E-state index < -0.39 is 0 Å². The molecule has 2 heteroatoms. The van der Waals surface area contributed by atoms with Crippen molar-refractivity contribution in [1.82, 2.24) is 4.57 Å². The van der Waals surface area contributed by atoms with Gasteiger partial charge in [0.05, 0.1) is 16.7 Å². The van der Waals surface area contributed by atoms with Crippen LogP contribution in [0.4, 0.5) is 17.1 Å². The molecular formula is C56H38N2. The minimum absolute atomic E-state index is 1.10. The molecule has 2 nitrogen and oxygen atoms in total. The van der Waals surface area contributed by atoms with Crippen molar-refractivity contribution in [2.24, 2.45) is 0 Å². The summed E-state index contributed by atoms with van der Waals surface area (Å²) in [4.78, 5) is 2.34. The maximum atomic E-state index is 2.43. The average molecular weight is 739 g/mol. The maximum absolute atomic E-state index is 2.43. The van der Waals surface area contributed by atoms with Crippen LogP contribution in [0.1, 0.15) is 0 Å². The van der Waals surface area contributed by atoms with E-state index in [-0.39, 0.29) is 0 Å². The number of rotatable bonds is 7. The van der Waals surface area contributed by atoms with Gasteiger partial charge < -0.3 is 9.47 Å². The topological polar surface area (TPSA) is 8.17 Å². The lowest BCUT2D eigenvalue weighted by atomic mass is 9.93. The van der Waals surface area contributed by atoms with Crippen molar-refractivity contribution in [3.8, 4) is 39.1 Å². The quantitative estimate of drug-likeness (QED) is 0.148. The summed E-state index contributed by atoms with van der Waals surface area (Å²) in [6, 6.07) is 83.5. The first kappa shape index (κ1) is 33.6. The molecule has 11 rings (SSSR count). The molecule has 0 bridgehead atoms. The highest BCUT2D eigenvalue weighted by Gasteiger charge is 2.18. The first-order chi connectivity index (χ1) is 28.8. The summed E-state index contributed by atoms with van der Waals surface area (Å²) in [5.41, 5.74) is 14.1. The standard InChI is InChI=1S/C56H38N2/c1-3-15-39(16-4-1)42-31-36-56-53(37-42)51-24-12-14-26-55(51)58(56)54-25-13-11-21-48(54)40-27-32-45(33-28-40)57(44-18-5-2-6-19-44)46-34-29-41(30-35-46)52-38-43-17-7-8-20-47(43)49-22-9-10-23-50(49)52/h1-38H. The lowest BCUT2D eigenvalue weighted by molar-refractivity contribution is 1.18. The van der Waals surface area contributed by atoms with Crippen LogP contribution < -0.4 is 4.90 Å². The van der Waals surface area contributed by atoms with Gasteiger partial charge in [-0.15, -0.1) is 0 Å². The first-order valence-electron chi connectivity index (χ1n) is 19.9. The van der Waals surface area contributed by atoms with E-state index in [4.69, 9.17) is 0 Å². The summed E-state index contributed by atoms with van der Waals surface area (Å²) in [6.07, 6.45) is 0. The van der Waals surface area contributed by atoms with Crippen LogP contribution in [0, 0.1) is 0 Å². The van der Waals surface area contributed by atoms with E-state index in [0.29, 0.717) is 0 Å². The normalized spacial score (nSPS) is 11.4. The number of fused-ring (bicyclic) bond motifs is 6. The third kappa shape index (κ3) is 5.74. The van der Waals surface area contributed by atoms with Crippen LogP contribution in [0.25, 0.3) is 82.4 Å². The van der Waals surface area contributed by atoms with Gasteiger partial charge in [0.1, 0.15) is 0 Å². The molecule has 0 aliphatic carbocycles. The summed E-state index contributed by atoms with van der Waals surface area (Å²) in [5, 5.41) is 7.58. The van der Waals surface area contributed by atoms with Gasteiger partial charge in [-0.05, 0) is 116 Å². The summed E-state index contributed by atoms with van der Waals surface area (Å²) >= 11 is 0. The Balaban J connectivity index is 0.986. The number of aromatic nitrogens is 1. The minimum atomic E-state index is 1.10. The van der Waals surface area contributed by atoms with Crippen molar-refractivity contribution in [1.29, 1.82) is 0 Å². The highest BCUT2D eigenvalue weighted by molar-refractivity contribution is 6.14. The molecule has 10 aromatic carbocycles. The van der Waals surface area contributed by atoms with Crippen LogP contribution in [-0.4, -0.2) is 4.57 Å². The van der Waals surface area contributed by atoms with Crippen LogP contribution in [0.5, 0.6) is 0 Å². The van der Waals surface area contributed by atoms with E-state index in [1.807, 2.05) is 0 Å². The summed E-state index contributed by atoms with van der Waals surface area (Å²) in [7, 11) is 0. The Labute approximate surface area is 338 Å². The second kappa shape index (κ2) is 14.1. The van der Waals surface area contributed by atoms with E-state index >= 15 is 0 Å². The molecule has 0 aliphatic rings. The summed E-state index contributed by atoms with van der Waals surface area (Å²) < 4.78 is 2.43. The second-order valence-corrected chi connectivity index (χ2v) is 14.9.